The van der Waals surface area contributed by atoms with Gasteiger partial charge in [-0.15, -0.1) is 0 Å². The van der Waals surface area contributed by atoms with Crippen molar-refractivity contribution in [2.45, 2.75) is 45.3 Å². The van der Waals surface area contributed by atoms with E-state index in [-0.39, 0.29) is 11.2 Å². The Hall–Kier alpha value is -0.180. The van der Waals surface area contributed by atoms with Crippen LogP contribution in [0, 0.1) is 5.92 Å². The first-order valence-electron chi connectivity index (χ1n) is 4.97. The van der Waals surface area contributed by atoms with E-state index in [2.05, 4.69) is 31.8 Å². The van der Waals surface area contributed by atoms with Gasteiger partial charge >= 0.3 is 0 Å². The fraction of sp³-hybridized carbons (Fsp3) is 0.900. The van der Waals surface area contributed by atoms with Crippen LogP contribution in [-0.4, -0.2) is 17.7 Å². The first-order chi connectivity index (χ1) is 6.02. The van der Waals surface area contributed by atoms with Crippen LogP contribution in [0.4, 0.5) is 0 Å². The molecule has 3 heteroatoms. The number of nitrogens with one attached hydrogen (secondary N) is 1. The molecule has 0 radical (unpaired) electrons. The van der Waals surface area contributed by atoms with Crippen LogP contribution in [-0.2, 0) is 4.79 Å². The van der Waals surface area contributed by atoms with Gasteiger partial charge in [0.1, 0.15) is 0 Å². The molecule has 1 amide bonds. The van der Waals surface area contributed by atoms with Crippen LogP contribution < -0.4 is 5.32 Å². The Morgan fingerprint density at radius 3 is 2.46 bits per heavy atom. The van der Waals surface area contributed by atoms with Gasteiger partial charge in [0.05, 0.1) is 0 Å². The second kappa shape index (κ2) is 7.25. The molecule has 0 saturated carbocycles. The van der Waals surface area contributed by atoms with Gasteiger partial charge in [-0.1, -0.05) is 20.8 Å². The van der Waals surface area contributed by atoms with Crippen molar-refractivity contribution in [3.63, 3.8) is 0 Å². The van der Waals surface area contributed by atoms with Crippen LogP contribution in [0.2, 0.25) is 0 Å². The predicted octanol–water partition coefficient (Wildman–Crippen LogP) is 2.25. The zero-order valence-corrected chi connectivity index (χ0v) is 9.73. The second-order valence-electron chi connectivity index (χ2n) is 3.94. The maximum absolute atomic E-state index is 11.1. The van der Waals surface area contributed by atoms with E-state index in [0.29, 0.717) is 6.42 Å². The number of carbonyl (C=O) groups excluding carboxylic acids is 1. The smallest absolute Gasteiger partial charge is 0.221 e. The van der Waals surface area contributed by atoms with Crippen molar-refractivity contribution in [3.05, 3.63) is 0 Å². The second-order valence-corrected chi connectivity index (χ2v) is 4.82. The molecule has 2 nitrogen and oxygen atoms in total. The highest BCUT2D eigenvalue weighted by Crippen LogP contribution is 2.02. The number of amides is 1. The Balaban J connectivity index is 3.27. The van der Waals surface area contributed by atoms with Crippen molar-refractivity contribution in [1.82, 2.24) is 5.32 Å². The fourth-order valence-corrected chi connectivity index (χ4v) is 1.24. The average molecular weight is 203 g/mol. The molecule has 0 aliphatic heterocycles. The first kappa shape index (κ1) is 12.8. The molecule has 1 unspecified atom stereocenters. The van der Waals surface area contributed by atoms with Crippen LogP contribution in [0.25, 0.3) is 0 Å². The lowest BCUT2D eigenvalue weighted by Crippen LogP contribution is -2.26. The SMILES string of the molecule is CC(C)CCCNC(=O)CC(C)S. The van der Waals surface area contributed by atoms with Crippen molar-refractivity contribution >= 4 is 18.5 Å². The van der Waals surface area contributed by atoms with Crippen LogP contribution in [0.1, 0.15) is 40.0 Å². The largest absolute Gasteiger partial charge is 0.356 e. The van der Waals surface area contributed by atoms with E-state index in [0.717, 1.165) is 18.9 Å². The summed E-state index contributed by atoms with van der Waals surface area (Å²) in [5.41, 5.74) is 0. The summed E-state index contributed by atoms with van der Waals surface area (Å²) in [4.78, 5) is 11.1. The molecule has 0 aliphatic rings. The molecule has 1 atom stereocenters. The van der Waals surface area contributed by atoms with Gasteiger partial charge in [0.15, 0.2) is 0 Å². The summed E-state index contributed by atoms with van der Waals surface area (Å²) in [5.74, 6) is 0.840. The molecule has 0 bridgehead atoms. The Bertz CT molecular complexity index is 146. The van der Waals surface area contributed by atoms with Crippen LogP contribution in [0.5, 0.6) is 0 Å². The Labute approximate surface area is 86.9 Å². The molecule has 0 heterocycles. The van der Waals surface area contributed by atoms with Crippen molar-refractivity contribution in [2.24, 2.45) is 5.92 Å². The highest BCUT2D eigenvalue weighted by atomic mass is 32.1. The Morgan fingerprint density at radius 2 is 2.00 bits per heavy atom. The third-order valence-electron chi connectivity index (χ3n) is 1.76. The molecular formula is C10H21NOS. The van der Waals surface area contributed by atoms with Crippen molar-refractivity contribution in [2.75, 3.05) is 6.54 Å². The van der Waals surface area contributed by atoms with Gasteiger partial charge in [0, 0.05) is 18.2 Å². The van der Waals surface area contributed by atoms with Crippen molar-refractivity contribution < 1.29 is 4.79 Å². The molecule has 0 spiro atoms. The zero-order valence-electron chi connectivity index (χ0n) is 8.84. The molecule has 1 N–H and O–H groups in total. The normalized spacial score (nSPS) is 13.0. The quantitative estimate of drug-likeness (QED) is 0.503. The molecule has 0 aromatic rings. The van der Waals surface area contributed by atoms with Crippen molar-refractivity contribution in [3.8, 4) is 0 Å². The maximum Gasteiger partial charge on any atom is 0.221 e. The number of thiol groups is 1. The number of rotatable bonds is 6. The summed E-state index contributed by atoms with van der Waals surface area (Å²) in [7, 11) is 0. The molecule has 0 rings (SSSR count). The van der Waals surface area contributed by atoms with E-state index in [1.807, 2.05) is 6.92 Å². The van der Waals surface area contributed by atoms with E-state index in [9.17, 15) is 4.79 Å². The van der Waals surface area contributed by atoms with Gasteiger partial charge in [-0.05, 0) is 18.8 Å². The summed E-state index contributed by atoms with van der Waals surface area (Å²) in [5, 5.41) is 3.04. The third-order valence-corrected chi connectivity index (χ3v) is 1.94. The van der Waals surface area contributed by atoms with Crippen molar-refractivity contribution in [1.29, 1.82) is 0 Å². The summed E-state index contributed by atoms with van der Waals surface area (Å²) in [6.07, 6.45) is 2.77. The van der Waals surface area contributed by atoms with Gasteiger partial charge in [0.2, 0.25) is 5.91 Å². The number of hydrogen-bond acceptors (Lipinski definition) is 2. The zero-order chi connectivity index (χ0) is 10.3. The number of carbonyl (C=O) groups is 1. The van der Waals surface area contributed by atoms with E-state index < -0.39 is 0 Å². The lowest BCUT2D eigenvalue weighted by Gasteiger charge is -2.07. The standard InChI is InChI=1S/C10H21NOS/c1-8(2)5-4-6-11-10(12)7-9(3)13/h8-9,13H,4-7H2,1-3H3,(H,11,12). The van der Waals surface area contributed by atoms with Gasteiger partial charge in [-0.3, -0.25) is 4.79 Å². The third kappa shape index (κ3) is 9.74. The minimum Gasteiger partial charge on any atom is -0.356 e. The van der Waals surface area contributed by atoms with Crippen LogP contribution in [0.3, 0.4) is 0 Å². The van der Waals surface area contributed by atoms with Gasteiger partial charge in [-0.25, -0.2) is 0 Å². The lowest BCUT2D eigenvalue weighted by atomic mass is 10.1. The summed E-state index contributed by atoms with van der Waals surface area (Å²) < 4.78 is 0. The highest BCUT2D eigenvalue weighted by molar-refractivity contribution is 7.80. The minimum atomic E-state index is 0.117. The maximum atomic E-state index is 11.1. The van der Waals surface area contributed by atoms with Gasteiger partial charge in [0.25, 0.3) is 0 Å². The number of hydrogen-bond donors (Lipinski definition) is 2. The van der Waals surface area contributed by atoms with Crippen LogP contribution in [0.15, 0.2) is 0 Å². The Morgan fingerprint density at radius 1 is 1.38 bits per heavy atom. The van der Waals surface area contributed by atoms with E-state index in [1.165, 1.54) is 6.42 Å². The van der Waals surface area contributed by atoms with E-state index in [1.54, 1.807) is 0 Å². The molecule has 78 valence electrons. The fourth-order valence-electron chi connectivity index (χ4n) is 1.08. The predicted molar refractivity (Wildman–Crippen MR) is 60.1 cm³/mol. The average Bonchev–Trinajstić information content (AvgIpc) is 1.96. The molecular weight excluding hydrogens is 182 g/mol. The topological polar surface area (TPSA) is 29.1 Å². The minimum absolute atomic E-state index is 0.117. The highest BCUT2D eigenvalue weighted by Gasteiger charge is 2.03. The van der Waals surface area contributed by atoms with Gasteiger partial charge < -0.3 is 5.32 Å². The molecule has 0 saturated heterocycles. The first-order valence-corrected chi connectivity index (χ1v) is 5.48. The van der Waals surface area contributed by atoms with E-state index >= 15 is 0 Å². The molecule has 0 aliphatic carbocycles. The van der Waals surface area contributed by atoms with Gasteiger partial charge in [-0.2, -0.15) is 12.6 Å². The van der Waals surface area contributed by atoms with E-state index in [4.69, 9.17) is 0 Å². The summed E-state index contributed by atoms with van der Waals surface area (Å²) >= 11 is 4.15. The summed E-state index contributed by atoms with van der Waals surface area (Å²) in [6.45, 7) is 7.11. The molecule has 13 heavy (non-hydrogen) atoms. The Kier molecular flexibility index (Phi) is 7.14. The molecule has 0 aromatic carbocycles. The summed E-state index contributed by atoms with van der Waals surface area (Å²) in [6, 6.07) is 0. The molecule has 0 fully saturated rings. The van der Waals surface area contributed by atoms with Crippen LogP contribution >= 0.6 is 12.6 Å². The molecule has 0 aromatic heterocycles. The monoisotopic (exact) mass is 203 g/mol. The lowest BCUT2D eigenvalue weighted by molar-refractivity contribution is -0.121.